The van der Waals surface area contributed by atoms with E-state index >= 15 is 0 Å². The van der Waals surface area contributed by atoms with Crippen molar-refractivity contribution in [3.63, 3.8) is 0 Å². The van der Waals surface area contributed by atoms with E-state index in [2.05, 4.69) is 19.6 Å². The number of hydrogen-bond donors (Lipinski definition) is 1. The molecule has 100 valence electrons. The summed E-state index contributed by atoms with van der Waals surface area (Å²) >= 11 is 1.46. The fraction of sp³-hybridized carbons (Fsp3) is 0.500. The summed E-state index contributed by atoms with van der Waals surface area (Å²) in [5.41, 5.74) is 0. The van der Waals surface area contributed by atoms with E-state index in [1.807, 2.05) is 30.3 Å². The second kappa shape index (κ2) is 7.00. The first-order valence-electron chi connectivity index (χ1n) is 6.33. The van der Waals surface area contributed by atoms with Crippen LogP contribution in [0.25, 0.3) is 0 Å². The van der Waals surface area contributed by atoms with Crippen LogP contribution in [0.15, 0.2) is 35.2 Å². The highest BCUT2D eigenvalue weighted by Gasteiger charge is 2.20. The fourth-order valence-corrected chi connectivity index (χ4v) is 4.01. The fourth-order valence-electron chi connectivity index (χ4n) is 1.71. The van der Waals surface area contributed by atoms with Crippen LogP contribution in [0.2, 0.25) is 25.7 Å². The van der Waals surface area contributed by atoms with Gasteiger partial charge < -0.3 is 5.11 Å². The molecule has 0 amide bonds. The number of rotatable bonds is 7. The average molecular weight is 282 g/mol. The molecule has 18 heavy (non-hydrogen) atoms. The number of hydrogen-bond acceptors (Lipinski definition) is 2. The summed E-state index contributed by atoms with van der Waals surface area (Å²) in [6.07, 6.45) is 1.78. The minimum absolute atomic E-state index is 0.316. The van der Waals surface area contributed by atoms with Crippen molar-refractivity contribution >= 4 is 25.8 Å². The Morgan fingerprint density at radius 2 is 1.89 bits per heavy atom. The van der Waals surface area contributed by atoms with Gasteiger partial charge in [0.25, 0.3) is 0 Å². The minimum atomic E-state index is -1.05. The predicted octanol–water partition coefficient (Wildman–Crippen LogP) is 4.35. The lowest BCUT2D eigenvalue weighted by atomic mass is 10.2. The zero-order valence-electron chi connectivity index (χ0n) is 11.3. The molecule has 0 aromatic heterocycles. The van der Waals surface area contributed by atoms with Gasteiger partial charge in [-0.1, -0.05) is 50.3 Å². The Labute approximate surface area is 115 Å². The molecule has 1 aromatic rings. The molecule has 0 aliphatic heterocycles. The molecule has 0 saturated carbocycles. The zero-order chi connectivity index (χ0) is 13.6. The van der Waals surface area contributed by atoms with Crippen molar-refractivity contribution in [2.45, 2.75) is 48.7 Å². The van der Waals surface area contributed by atoms with E-state index in [9.17, 15) is 9.90 Å². The van der Waals surface area contributed by atoms with E-state index in [-0.39, 0.29) is 5.25 Å². The smallest absolute Gasteiger partial charge is 0.316 e. The second-order valence-electron chi connectivity index (χ2n) is 5.71. The molecule has 0 saturated heterocycles. The van der Waals surface area contributed by atoms with E-state index < -0.39 is 14.0 Å². The summed E-state index contributed by atoms with van der Waals surface area (Å²) in [6.45, 7) is 6.98. The van der Waals surface area contributed by atoms with Gasteiger partial charge in [-0.15, -0.1) is 11.8 Å². The first kappa shape index (κ1) is 15.3. The summed E-state index contributed by atoms with van der Waals surface area (Å²) in [5.74, 6) is -0.695. The summed E-state index contributed by atoms with van der Waals surface area (Å²) in [5, 5.41) is 8.94. The van der Waals surface area contributed by atoms with Crippen molar-refractivity contribution in [3.05, 3.63) is 30.3 Å². The Morgan fingerprint density at radius 3 is 2.39 bits per heavy atom. The van der Waals surface area contributed by atoms with Gasteiger partial charge in [0.15, 0.2) is 0 Å². The minimum Gasteiger partial charge on any atom is -0.480 e. The number of thioether (sulfide) groups is 1. The van der Waals surface area contributed by atoms with E-state index in [4.69, 9.17) is 0 Å². The molecule has 0 aliphatic carbocycles. The molecule has 1 rings (SSSR count). The third kappa shape index (κ3) is 6.26. The van der Waals surface area contributed by atoms with Crippen LogP contribution in [-0.4, -0.2) is 24.4 Å². The highest BCUT2D eigenvalue weighted by Crippen LogP contribution is 2.27. The van der Waals surface area contributed by atoms with Gasteiger partial charge in [-0.3, -0.25) is 4.79 Å². The number of carboxylic acids is 1. The standard InChI is InChI=1S/C14H22O2SSi/c1-18(2,3)11-7-10-13(14(15)16)17-12-8-5-4-6-9-12/h4-6,8-9,13H,7,10-11H2,1-3H3,(H,15,16). The van der Waals surface area contributed by atoms with Crippen LogP contribution >= 0.6 is 11.8 Å². The molecule has 1 atom stereocenters. The number of carbonyl (C=O) groups is 1. The highest BCUT2D eigenvalue weighted by atomic mass is 32.2. The van der Waals surface area contributed by atoms with E-state index in [1.54, 1.807) is 0 Å². The second-order valence-corrected chi connectivity index (χ2v) is 12.6. The van der Waals surface area contributed by atoms with Gasteiger partial charge in [-0.05, 0) is 18.6 Å². The Morgan fingerprint density at radius 1 is 1.28 bits per heavy atom. The van der Waals surface area contributed by atoms with Crippen molar-refractivity contribution < 1.29 is 9.90 Å². The van der Waals surface area contributed by atoms with Gasteiger partial charge in [0.2, 0.25) is 0 Å². The first-order chi connectivity index (χ1) is 8.38. The summed E-state index contributed by atoms with van der Waals surface area (Å²) in [6, 6.07) is 11.0. The lowest BCUT2D eigenvalue weighted by Crippen LogP contribution is -2.21. The van der Waals surface area contributed by atoms with Gasteiger partial charge in [0, 0.05) is 13.0 Å². The SMILES string of the molecule is C[Si](C)(C)CCCC(Sc1ccccc1)C(=O)O. The molecule has 1 unspecified atom stereocenters. The quantitative estimate of drug-likeness (QED) is 0.597. The Hall–Kier alpha value is -0.743. The van der Waals surface area contributed by atoms with Crippen molar-refractivity contribution in [2.75, 3.05) is 0 Å². The van der Waals surface area contributed by atoms with Gasteiger partial charge in [-0.25, -0.2) is 0 Å². The summed E-state index contributed by atoms with van der Waals surface area (Å²) < 4.78 is 0. The zero-order valence-corrected chi connectivity index (χ0v) is 13.2. The Bertz CT molecular complexity index is 373. The van der Waals surface area contributed by atoms with Crippen LogP contribution in [0, 0.1) is 0 Å². The summed E-state index contributed by atoms with van der Waals surface area (Å²) in [4.78, 5) is 12.3. The number of carboxylic acid groups (broad SMARTS) is 1. The summed E-state index contributed by atoms with van der Waals surface area (Å²) in [7, 11) is -1.05. The topological polar surface area (TPSA) is 37.3 Å². The number of aliphatic carboxylic acids is 1. The van der Waals surface area contributed by atoms with Crippen LogP contribution in [0.4, 0.5) is 0 Å². The first-order valence-corrected chi connectivity index (χ1v) is 10.9. The molecule has 0 radical (unpaired) electrons. The average Bonchev–Trinajstić information content (AvgIpc) is 2.27. The molecule has 1 N–H and O–H groups in total. The monoisotopic (exact) mass is 282 g/mol. The molecule has 0 fully saturated rings. The third-order valence-electron chi connectivity index (χ3n) is 2.69. The van der Waals surface area contributed by atoms with Crippen molar-refractivity contribution in [3.8, 4) is 0 Å². The maximum atomic E-state index is 11.2. The van der Waals surface area contributed by atoms with E-state index in [0.29, 0.717) is 0 Å². The number of benzene rings is 1. The Balaban J connectivity index is 2.49. The predicted molar refractivity (Wildman–Crippen MR) is 81.1 cm³/mol. The van der Waals surface area contributed by atoms with Gasteiger partial charge >= 0.3 is 5.97 Å². The van der Waals surface area contributed by atoms with Crippen molar-refractivity contribution in [2.24, 2.45) is 0 Å². The van der Waals surface area contributed by atoms with E-state index in [0.717, 1.165) is 17.7 Å². The molecular weight excluding hydrogens is 260 g/mol. The maximum absolute atomic E-state index is 11.2. The lowest BCUT2D eigenvalue weighted by Gasteiger charge is -2.17. The molecule has 4 heteroatoms. The van der Waals surface area contributed by atoms with Crippen LogP contribution in [0.1, 0.15) is 12.8 Å². The molecule has 1 aromatic carbocycles. The van der Waals surface area contributed by atoms with Gasteiger partial charge in [0.1, 0.15) is 5.25 Å². The molecule has 0 heterocycles. The lowest BCUT2D eigenvalue weighted by molar-refractivity contribution is -0.136. The van der Waals surface area contributed by atoms with Gasteiger partial charge in [-0.2, -0.15) is 0 Å². The normalized spacial score (nSPS) is 13.3. The van der Waals surface area contributed by atoms with Crippen LogP contribution in [0.3, 0.4) is 0 Å². The largest absolute Gasteiger partial charge is 0.480 e. The molecule has 2 nitrogen and oxygen atoms in total. The molecular formula is C14H22O2SSi. The highest BCUT2D eigenvalue weighted by molar-refractivity contribution is 8.00. The van der Waals surface area contributed by atoms with Crippen molar-refractivity contribution in [1.82, 2.24) is 0 Å². The van der Waals surface area contributed by atoms with Crippen LogP contribution < -0.4 is 0 Å². The third-order valence-corrected chi connectivity index (χ3v) is 5.81. The van der Waals surface area contributed by atoms with Crippen LogP contribution in [-0.2, 0) is 4.79 Å². The van der Waals surface area contributed by atoms with Crippen molar-refractivity contribution in [1.29, 1.82) is 0 Å². The maximum Gasteiger partial charge on any atom is 0.316 e. The van der Waals surface area contributed by atoms with Crippen LogP contribution in [0.5, 0.6) is 0 Å². The van der Waals surface area contributed by atoms with E-state index in [1.165, 1.54) is 17.8 Å². The molecule has 0 bridgehead atoms. The molecule has 0 spiro atoms. The Kier molecular flexibility index (Phi) is 5.95. The molecule has 0 aliphatic rings. The van der Waals surface area contributed by atoms with Gasteiger partial charge in [0.05, 0.1) is 0 Å².